The van der Waals surface area contributed by atoms with Crippen LogP contribution in [-0.4, -0.2) is 17.6 Å². The molecule has 1 heterocycles. The monoisotopic (exact) mass is 226 g/mol. The van der Waals surface area contributed by atoms with Crippen LogP contribution in [-0.2, 0) is 11.3 Å². The second kappa shape index (κ2) is 5.58. The zero-order valence-electron chi connectivity index (χ0n) is 8.89. The average Bonchev–Trinajstić information content (AvgIpc) is 2.79. The van der Waals surface area contributed by atoms with Gasteiger partial charge in [0.2, 0.25) is 0 Å². The summed E-state index contributed by atoms with van der Waals surface area (Å²) in [6.45, 7) is 1.46. The van der Waals surface area contributed by atoms with Crippen molar-refractivity contribution in [1.82, 2.24) is 4.98 Å². The van der Waals surface area contributed by atoms with Gasteiger partial charge in [0.1, 0.15) is 0 Å². The first-order chi connectivity index (χ1) is 7.40. The summed E-state index contributed by atoms with van der Waals surface area (Å²) in [7, 11) is 0. The highest BCUT2D eigenvalue weighted by molar-refractivity contribution is 7.09. The van der Waals surface area contributed by atoms with Crippen LogP contribution in [0.2, 0.25) is 0 Å². The summed E-state index contributed by atoms with van der Waals surface area (Å²) in [6, 6.07) is 0. The molecule has 0 aliphatic heterocycles. The second-order valence-corrected chi connectivity index (χ2v) is 5.07. The largest absolute Gasteiger partial charge is 0.372 e. The van der Waals surface area contributed by atoms with E-state index < -0.39 is 0 Å². The third kappa shape index (κ3) is 3.00. The highest BCUT2D eigenvalue weighted by Gasteiger charge is 2.24. The molecule has 0 radical (unpaired) electrons. The maximum absolute atomic E-state index is 5.92. The summed E-state index contributed by atoms with van der Waals surface area (Å²) < 4.78 is 5.92. The molecule has 2 unspecified atom stereocenters. The topological polar surface area (TPSA) is 48.1 Å². The number of hydrogen-bond donors (Lipinski definition) is 1. The summed E-state index contributed by atoms with van der Waals surface area (Å²) in [5.41, 5.74) is 7.60. The average molecular weight is 226 g/mol. The molecule has 15 heavy (non-hydrogen) atoms. The lowest BCUT2D eigenvalue weighted by Crippen LogP contribution is -2.32. The molecule has 0 amide bonds. The number of aromatic nitrogens is 1. The summed E-state index contributed by atoms with van der Waals surface area (Å²) in [4.78, 5) is 5.24. The van der Waals surface area contributed by atoms with Gasteiger partial charge in [-0.25, -0.2) is 0 Å². The molecule has 3 nitrogen and oxygen atoms in total. The van der Waals surface area contributed by atoms with Crippen LogP contribution in [0.1, 0.15) is 30.6 Å². The van der Waals surface area contributed by atoms with E-state index >= 15 is 0 Å². The first-order valence-corrected chi connectivity index (χ1v) is 6.47. The SMILES string of the molecule is NCC1CCCCC1OCc1cncs1. The van der Waals surface area contributed by atoms with Crippen LogP contribution in [0.4, 0.5) is 0 Å². The number of nitrogens with zero attached hydrogens (tertiary/aromatic N) is 1. The van der Waals surface area contributed by atoms with Gasteiger partial charge < -0.3 is 10.5 Å². The summed E-state index contributed by atoms with van der Waals surface area (Å²) in [6.07, 6.45) is 7.23. The number of hydrogen-bond acceptors (Lipinski definition) is 4. The minimum atomic E-state index is 0.367. The Morgan fingerprint density at radius 2 is 2.33 bits per heavy atom. The van der Waals surface area contributed by atoms with Gasteiger partial charge in [-0.1, -0.05) is 12.8 Å². The van der Waals surface area contributed by atoms with Crippen LogP contribution in [0.15, 0.2) is 11.7 Å². The zero-order valence-corrected chi connectivity index (χ0v) is 9.71. The van der Waals surface area contributed by atoms with Gasteiger partial charge in [-0.15, -0.1) is 11.3 Å². The van der Waals surface area contributed by atoms with Crippen LogP contribution < -0.4 is 5.73 Å². The van der Waals surface area contributed by atoms with Crippen molar-refractivity contribution in [2.45, 2.75) is 38.4 Å². The normalized spacial score (nSPS) is 26.7. The Labute approximate surface area is 94.7 Å². The van der Waals surface area contributed by atoms with E-state index in [0.29, 0.717) is 18.6 Å². The number of nitrogens with two attached hydrogens (primary N) is 1. The third-order valence-corrected chi connectivity index (χ3v) is 3.82. The van der Waals surface area contributed by atoms with E-state index in [-0.39, 0.29) is 0 Å². The lowest BCUT2D eigenvalue weighted by atomic mass is 9.86. The van der Waals surface area contributed by atoms with Crippen LogP contribution in [0.5, 0.6) is 0 Å². The highest BCUT2D eigenvalue weighted by Crippen LogP contribution is 2.27. The molecule has 1 aliphatic carbocycles. The molecule has 0 aromatic carbocycles. The van der Waals surface area contributed by atoms with Gasteiger partial charge in [0.25, 0.3) is 0 Å². The van der Waals surface area contributed by atoms with E-state index in [4.69, 9.17) is 10.5 Å². The lowest BCUT2D eigenvalue weighted by Gasteiger charge is -2.30. The number of rotatable bonds is 4. The molecule has 2 atom stereocenters. The fraction of sp³-hybridized carbons (Fsp3) is 0.727. The van der Waals surface area contributed by atoms with Crippen LogP contribution >= 0.6 is 11.3 Å². The molecule has 4 heteroatoms. The first-order valence-electron chi connectivity index (χ1n) is 5.59. The smallest absolute Gasteiger partial charge is 0.0829 e. The fourth-order valence-electron chi connectivity index (χ4n) is 2.17. The minimum absolute atomic E-state index is 0.367. The van der Waals surface area contributed by atoms with Crippen molar-refractivity contribution in [2.24, 2.45) is 11.7 Å². The summed E-state index contributed by atoms with van der Waals surface area (Å²) in [5.74, 6) is 0.562. The molecule has 1 fully saturated rings. The standard InChI is InChI=1S/C11H18N2OS/c12-5-9-3-1-2-4-11(9)14-7-10-6-13-8-15-10/h6,8-9,11H,1-5,7,12H2. The van der Waals surface area contributed by atoms with E-state index in [9.17, 15) is 0 Å². The molecule has 1 aliphatic rings. The predicted octanol–water partition coefficient (Wildman–Crippen LogP) is 2.18. The molecule has 2 rings (SSSR count). The number of thiazole rings is 1. The quantitative estimate of drug-likeness (QED) is 0.856. The molecule has 1 aromatic heterocycles. The summed E-state index contributed by atoms with van der Waals surface area (Å²) >= 11 is 1.65. The van der Waals surface area contributed by atoms with Crippen molar-refractivity contribution in [3.63, 3.8) is 0 Å². The third-order valence-electron chi connectivity index (χ3n) is 3.07. The van der Waals surface area contributed by atoms with E-state index in [1.807, 2.05) is 11.7 Å². The van der Waals surface area contributed by atoms with Crippen LogP contribution in [0.3, 0.4) is 0 Å². The van der Waals surface area contributed by atoms with Crippen molar-refractivity contribution in [1.29, 1.82) is 0 Å². The Bertz CT molecular complexity index is 276. The van der Waals surface area contributed by atoms with Gasteiger partial charge in [-0.3, -0.25) is 4.98 Å². The van der Waals surface area contributed by atoms with Crippen LogP contribution in [0, 0.1) is 5.92 Å². The molecule has 2 N–H and O–H groups in total. The molecule has 0 saturated heterocycles. The first kappa shape index (κ1) is 11.0. The van der Waals surface area contributed by atoms with E-state index in [1.165, 1.54) is 30.6 Å². The Kier molecular flexibility index (Phi) is 4.11. The van der Waals surface area contributed by atoms with Crippen molar-refractivity contribution in [3.05, 3.63) is 16.6 Å². The van der Waals surface area contributed by atoms with Gasteiger partial charge in [0.15, 0.2) is 0 Å². The van der Waals surface area contributed by atoms with E-state index in [2.05, 4.69) is 4.98 Å². The zero-order chi connectivity index (χ0) is 10.5. The summed E-state index contributed by atoms with van der Waals surface area (Å²) in [5, 5.41) is 0. The Balaban J connectivity index is 1.81. The van der Waals surface area contributed by atoms with Crippen LogP contribution in [0.25, 0.3) is 0 Å². The Morgan fingerprint density at radius 1 is 1.47 bits per heavy atom. The van der Waals surface area contributed by atoms with E-state index in [1.54, 1.807) is 11.3 Å². The molecular formula is C11H18N2OS. The van der Waals surface area contributed by atoms with Gasteiger partial charge in [-0.2, -0.15) is 0 Å². The van der Waals surface area contributed by atoms with Gasteiger partial charge in [-0.05, 0) is 25.3 Å². The number of ether oxygens (including phenoxy) is 1. The van der Waals surface area contributed by atoms with Crippen molar-refractivity contribution in [3.8, 4) is 0 Å². The molecule has 0 bridgehead atoms. The van der Waals surface area contributed by atoms with Gasteiger partial charge in [0, 0.05) is 6.20 Å². The predicted molar refractivity (Wildman–Crippen MR) is 61.7 cm³/mol. The Hall–Kier alpha value is -0.450. The molecule has 0 spiro atoms. The highest BCUT2D eigenvalue weighted by atomic mass is 32.1. The van der Waals surface area contributed by atoms with Gasteiger partial charge >= 0.3 is 0 Å². The van der Waals surface area contributed by atoms with Crippen molar-refractivity contribution in [2.75, 3.05) is 6.54 Å². The van der Waals surface area contributed by atoms with E-state index in [0.717, 1.165) is 6.54 Å². The van der Waals surface area contributed by atoms with Gasteiger partial charge in [0.05, 0.1) is 23.1 Å². The lowest BCUT2D eigenvalue weighted by molar-refractivity contribution is -0.0172. The maximum Gasteiger partial charge on any atom is 0.0829 e. The van der Waals surface area contributed by atoms with Crippen molar-refractivity contribution < 1.29 is 4.74 Å². The molecule has 1 saturated carbocycles. The van der Waals surface area contributed by atoms with Crippen molar-refractivity contribution >= 4 is 11.3 Å². The minimum Gasteiger partial charge on any atom is -0.372 e. The Morgan fingerprint density at radius 3 is 3.07 bits per heavy atom. The molecule has 84 valence electrons. The fourth-order valence-corrected chi connectivity index (χ4v) is 2.68. The molecular weight excluding hydrogens is 208 g/mol. The second-order valence-electron chi connectivity index (χ2n) is 4.10. The molecule has 1 aromatic rings. The maximum atomic E-state index is 5.92.